The van der Waals surface area contributed by atoms with Crippen LogP contribution in [-0.2, 0) is 19.4 Å². The van der Waals surface area contributed by atoms with Gasteiger partial charge in [0.2, 0.25) is 0 Å². The summed E-state index contributed by atoms with van der Waals surface area (Å²) in [6, 6.07) is 13.6. The molecule has 0 amide bonds. The number of fused-ring (bicyclic) bond motifs is 5. The molecule has 0 atom stereocenters. The van der Waals surface area contributed by atoms with Gasteiger partial charge in [0.15, 0.2) is 23.0 Å². The molecule has 0 aromatic carbocycles. The molecule has 464 valence electrons. The largest absolute Gasteiger partial charge is 0.490 e. The van der Waals surface area contributed by atoms with E-state index < -0.39 is 0 Å². The van der Waals surface area contributed by atoms with Gasteiger partial charge in [0.25, 0.3) is 0 Å². The van der Waals surface area contributed by atoms with Gasteiger partial charge in [-0.05, 0) is 135 Å². The molecule has 9 nitrogen and oxygen atoms in total. The monoisotopic (exact) mass is 1310 g/mol. The lowest BCUT2D eigenvalue weighted by Crippen LogP contribution is -2.15. The van der Waals surface area contributed by atoms with Crippen molar-refractivity contribution in [3.05, 3.63) is 86.5 Å². The lowest BCUT2D eigenvalue weighted by atomic mass is 10.0. The topological polar surface area (TPSA) is 101 Å². The van der Waals surface area contributed by atoms with Gasteiger partial charge < -0.3 is 43.2 Å². The Labute approximate surface area is 538 Å². The van der Waals surface area contributed by atoms with Gasteiger partial charge in [-0.25, -0.2) is 0 Å². The highest BCUT2D eigenvalue weighted by Crippen LogP contribution is 2.57. The molecular weight excluding hydrogens is 1220 g/mol. The molecule has 9 aromatic heterocycles. The highest BCUT2D eigenvalue weighted by Gasteiger charge is 2.31. The second-order valence-electron chi connectivity index (χ2n) is 22.0. The van der Waals surface area contributed by atoms with E-state index in [0.717, 1.165) is 73.5 Å². The maximum Gasteiger partial charge on any atom is 0.181 e. The summed E-state index contributed by atoms with van der Waals surface area (Å²) in [4.78, 5) is 17.8. The summed E-state index contributed by atoms with van der Waals surface area (Å²) in [6.45, 7) is 28.2. The first-order valence-electron chi connectivity index (χ1n) is 30.9. The van der Waals surface area contributed by atoms with Crippen LogP contribution in [0.3, 0.4) is 0 Å². The molecule has 0 bridgehead atoms. The molecule has 85 heavy (non-hydrogen) atoms. The minimum atomic E-state index is -0.00826. The summed E-state index contributed by atoms with van der Waals surface area (Å²) in [5.41, 5.74) is 6.13. The van der Waals surface area contributed by atoms with Crippen molar-refractivity contribution in [3.63, 3.8) is 0 Å². The number of hydrogen-bond acceptors (Lipinski definition) is 16. The van der Waals surface area contributed by atoms with E-state index in [2.05, 4.69) is 91.1 Å². The van der Waals surface area contributed by atoms with Gasteiger partial charge in [0.1, 0.15) is 51.1 Å². The van der Waals surface area contributed by atoms with E-state index in [4.69, 9.17) is 38.6 Å². The van der Waals surface area contributed by atoms with Crippen LogP contribution in [0, 0.1) is 55.4 Å². The Balaban J connectivity index is 0.000000148. The van der Waals surface area contributed by atoms with Gasteiger partial charge in [-0.15, -0.1) is 90.7 Å². The Morgan fingerprint density at radius 2 is 0.741 bits per heavy atom. The number of nitrogens with zero attached hydrogens (tertiary/aromatic N) is 1. The fourth-order valence-electron chi connectivity index (χ4n) is 10.8. The zero-order valence-electron chi connectivity index (χ0n) is 52.2. The fraction of sp³-hybridized carbons (Fsp3) is 0.529. The predicted molar refractivity (Wildman–Crippen MR) is 372 cm³/mol. The zero-order chi connectivity index (χ0) is 60.4. The van der Waals surface area contributed by atoms with E-state index in [1.807, 2.05) is 71.3 Å². The second-order valence-corrected chi connectivity index (χ2v) is 32.0. The van der Waals surface area contributed by atoms with Crippen LogP contribution in [0.2, 0.25) is 0 Å². The number of unbranched alkanes of at least 4 members (excludes halogenated alkanes) is 11. The van der Waals surface area contributed by atoms with Crippen molar-refractivity contribution in [3.8, 4) is 63.8 Å². The molecule has 17 heteroatoms. The van der Waals surface area contributed by atoms with E-state index in [-0.39, 0.29) is 26.4 Å². The number of aryl methyl sites for hydroxylation is 11. The average molecular weight is 1310 g/mol. The highest BCUT2D eigenvalue weighted by molar-refractivity contribution is 7.27. The van der Waals surface area contributed by atoms with E-state index in [0.29, 0.717) is 26.4 Å². The number of hydrogen-bond donors (Lipinski definition) is 2. The molecule has 0 unspecified atom stereocenters. The van der Waals surface area contributed by atoms with Crippen molar-refractivity contribution in [1.82, 2.24) is 4.57 Å². The van der Waals surface area contributed by atoms with E-state index in [1.54, 1.807) is 66.2 Å². The van der Waals surface area contributed by atoms with Crippen LogP contribution in [0.5, 0.6) is 34.5 Å². The van der Waals surface area contributed by atoms with Gasteiger partial charge in [0.05, 0.1) is 53.2 Å². The third-order valence-electron chi connectivity index (χ3n) is 14.7. The average Bonchev–Trinajstić information content (AvgIpc) is 2.11. The fourth-order valence-corrected chi connectivity index (χ4v) is 19.6. The number of thiophene rings is 8. The summed E-state index contributed by atoms with van der Waals surface area (Å²) < 4.78 is 39.9. The molecule has 11 rings (SSSR count). The van der Waals surface area contributed by atoms with Crippen molar-refractivity contribution in [1.29, 1.82) is 0 Å². The predicted octanol–water partition coefficient (Wildman–Crippen LogP) is 21.7. The van der Waals surface area contributed by atoms with Crippen LogP contribution >= 0.6 is 90.7 Å². The van der Waals surface area contributed by atoms with Crippen LogP contribution in [0.1, 0.15) is 161 Å². The molecule has 0 radical (unpaired) electrons. The number of aromatic nitrogens is 1. The lowest BCUT2D eigenvalue weighted by molar-refractivity contribution is 0.171. The van der Waals surface area contributed by atoms with Gasteiger partial charge in [-0.2, -0.15) is 0 Å². The van der Waals surface area contributed by atoms with Gasteiger partial charge in [0, 0.05) is 55.3 Å². The molecule has 2 aliphatic heterocycles. The van der Waals surface area contributed by atoms with Gasteiger partial charge in [-0.3, -0.25) is 0 Å². The Hall–Kier alpha value is -3.88. The summed E-state index contributed by atoms with van der Waals surface area (Å²) in [7, 11) is 0. The number of ether oxygens (including phenoxy) is 6. The maximum absolute atomic E-state index is 8.90. The van der Waals surface area contributed by atoms with Gasteiger partial charge >= 0.3 is 0 Å². The molecule has 0 saturated heterocycles. The standard InChI is InChI=1S/C22H34S2.C18H25NS2.C14H14O4S2.C14H18O4S2/c1-5-7-9-11-13-19-15-17(3)23-21(19)22-20(16-18(4)24-22)14-12-10-8-6-2;1-4-5-6-7-8-9-10-19-15-11-13(2)20-17(15)18-16(19)12-14(3)21-18;1-7-9-11(17-5-3-15-9)13(19-7)14-12-10(8(2)20-14)16-4-6-18-12;1-9-7-11(17-5-3-15)13(19-9)14-12(18-6-4-16)8-10(2)20-14/h15-16H,5-14H2,1-4H3;11-12H,4-10H2,1-3H3;3-6H2,1-2H3;7-8,15-16H,3-6H2,1-2H3. The number of rotatable bonds is 26. The first kappa shape index (κ1) is 67.1. The van der Waals surface area contributed by atoms with Crippen molar-refractivity contribution < 1.29 is 38.6 Å². The molecule has 0 saturated carbocycles. The van der Waals surface area contributed by atoms with Gasteiger partial charge in [-0.1, -0.05) is 91.4 Å². The normalized spacial score (nSPS) is 12.5. The summed E-state index contributed by atoms with van der Waals surface area (Å²) in [5, 5.41) is 17.8. The summed E-state index contributed by atoms with van der Waals surface area (Å²) >= 11 is 14.6. The molecule has 0 spiro atoms. The third-order valence-corrected chi connectivity index (χ3v) is 23.9. The minimum Gasteiger partial charge on any atom is -0.490 e. The van der Waals surface area contributed by atoms with Crippen LogP contribution in [0.4, 0.5) is 0 Å². The molecule has 2 aliphatic rings. The Kier molecular flexibility index (Phi) is 26.5. The quantitative estimate of drug-likeness (QED) is 0.0517. The molecule has 9 aromatic rings. The molecule has 0 aliphatic carbocycles. The zero-order valence-corrected chi connectivity index (χ0v) is 58.7. The molecular formula is C68H91NO8S8. The highest BCUT2D eigenvalue weighted by atomic mass is 32.1. The van der Waals surface area contributed by atoms with Crippen molar-refractivity contribution in [2.75, 3.05) is 52.9 Å². The van der Waals surface area contributed by atoms with Crippen LogP contribution in [0.15, 0.2) is 36.4 Å². The van der Waals surface area contributed by atoms with Crippen LogP contribution < -0.4 is 28.4 Å². The summed E-state index contributed by atoms with van der Waals surface area (Å²) in [5.74, 6) is 5.03. The number of aliphatic hydroxyl groups excluding tert-OH is 2. The van der Waals surface area contributed by atoms with E-state index in [9.17, 15) is 0 Å². The first-order valence-corrected chi connectivity index (χ1v) is 37.4. The third kappa shape index (κ3) is 17.7. The minimum absolute atomic E-state index is 0.00826. The molecule has 11 heterocycles. The van der Waals surface area contributed by atoms with E-state index >= 15 is 0 Å². The van der Waals surface area contributed by atoms with Crippen molar-refractivity contribution in [2.24, 2.45) is 0 Å². The SMILES string of the molecule is CCCCCCCCn1c2cc(C)sc2c2sc(C)cc21.CCCCCCc1cc(C)sc1-c1sc(C)cc1CCCCCC.Cc1cc(OCCO)c(-c2sc(C)cc2OCCO)s1.Cc1sc(-c2sc(C)c3c2OCCO3)c2c1OCCO2. The van der Waals surface area contributed by atoms with Crippen molar-refractivity contribution >= 4 is 111 Å². The molecule has 2 N–H and O–H groups in total. The van der Waals surface area contributed by atoms with Crippen molar-refractivity contribution in [2.45, 2.75) is 185 Å². The Morgan fingerprint density at radius 3 is 1.15 bits per heavy atom. The molecule has 0 fully saturated rings. The smallest absolute Gasteiger partial charge is 0.181 e. The first-order chi connectivity index (χ1) is 41.3. The van der Waals surface area contributed by atoms with Crippen LogP contribution in [-0.4, -0.2) is 67.6 Å². The Bertz CT molecular complexity index is 3260. The number of aliphatic hydroxyl groups is 2. The van der Waals surface area contributed by atoms with Crippen LogP contribution in [0.25, 0.3) is 49.7 Å². The summed E-state index contributed by atoms with van der Waals surface area (Å²) in [6.07, 6.45) is 21.5. The Morgan fingerprint density at radius 1 is 0.388 bits per heavy atom. The second kappa shape index (κ2) is 33.6. The van der Waals surface area contributed by atoms with E-state index in [1.165, 1.54) is 149 Å². The maximum atomic E-state index is 8.90. The lowest BCUT2D eigenvalue weighted by Gasteiger charge is -2.18.